The molecule has 0 unspecified atom stereocenters. The van der Waals surface area contributed by atoms with Gasteiger partial charge in [-0.2, -0.15) is 0 Å². The molecular formula is C28H38N4O4. The molecule has 0 aliphatic carbocycles. The van der Waals surface area contributed by atoms with Crippen LogP contribution in [0.15, 0.2) is 42.6 Å². The molecule has 3 heterocycles. The normalized spacial score (nSPS) is 20.9. The Morgan fingerprint density at radius 1 is 1.17 bits per heavy atom. The van der Waals surface area contributed by atoms with Gasteiger partial charge in [-0.25, -0.2) is 4.98 Å². The number of nitrogens with zero attached hydrogens (tertiary/aromatic N) is 3. The number of pyridine rings is 1. The van der Waals surface area contributed by atoms with Crippen LogP contribution in [0.3, 0.4) is 0 Å². The lowest BCUT2D eigenvalue weighted by molar-refractivity contribution is -0.142. The predicted octanol–water partition coefficient (Wildman–Crippen LogP) is 4.02. The predicted molar refractivity (Wildman–Crippen MR) is 140 cm³/mol. The fraction of sp³-hybridized carbons (Fsp3) is 0.536. The van der Waals surface area contributed by atoms with Gasteiger partial charge in [0.25, 0.3) is 0 Å². The third-order valence-electron chi connectivity index (χ3n) is 7.49. The SMILES string of the molecule is CCCCN1C(=O)CC[C@@H](C(=O)Nc2ccc(N3CCC(CO)CC3)cn2)[C@H]1c1ccccc1OC. The summed E-state index contributed by atoms with van der Waals surface area (Å²) in [4.78, 5) is 35.2. The highest BCUT2D eigenvalue weighted by molar-refractivity contribution is 5.94. The maximum atomic E-state index is 13.6. The molecule has 1 aromatic heterocycles. The first-order valence-corrected chi connectivity index (χ1v) is 13.1. The van der Waals surface area contributed by atoms with E-state index in [-0.39, 0.29) is 24.5 Å². The highest BCUT2D eigenvalue weighted by Crippen LogP contribution is 2.41. The molecule has 2 aliphatic heterocycles. The first kappa shape index (κ1) is 25.9. The number of amides is 2. The fourth-order valence-corrected chi connectivity index (χ4v) is 5.35. The Labute approximate surface area is 213 Å². The summed E-state index contributed by atoms with van der Waals surface area (Å²) in [5.74, 6) is 1.10. The van der Waals surface area contributed by atoms with Crippen LogP contribution in [0, 0.1) is 11.8 Å². The van der Waals surface area contributed by atoms with E-state index in [0.29, 0.717) is 36.9 Å². The van der Waals surface area contributed by atoms with Gasteiger partial charge in [0.05, 0.1) is 31.0 Å². The van der Waals surface area contributed by atoms with E-state index in [9.17, 15) is 14.7 Å². The zero-order chi connectivity index (χ0) is 25.5. The fourth-order valence-electron chi connectivity index (χ4n) is 5.35. The van der Waals surface area contributed by atoms with Crippen molar-refractivity contribution in [3.8, 4) is 5.75 Å². The minimum Gasteiger partial charge on any atom is -0.496 e. The summed E-state index contributed by atoms with van der Waals surface area (Å²) in [5.41, 5.74) is 1.88. The Kier molecular flexibility index (Phi) is 8.80. The van der Waals surface area contributed by atoms with Crippen molar-refractivity contribution in [1.29, 1.82) is 0 Å². The molecule has 2 amide bonds. The molecule has 194 valence electrons. The number of nitrogens with one attached hydrogen (secondary N) is 1. The molecular weight excluding hydrogens is 456 g/mol. The van der Waals surface area contributed by atoms with Crippen molar-refractivity contribution in [3.05, 3.63) is 48.2 Å². The monoisotopic (exact) mass is 494 g/mol. The van der Waals surface area contributed by atoms with Gasteiger partial charge in [-0.05, 0) is 49.8 Å². The van der Waals surface area contributed by atoms with E-state index in [1.54, 1.807) is 13.3 Å². The number of hydrogen-bond acceptors (Lipinski definition) is 6. The lowest BCUT2D eigenvalue weighted by Gasteiger charge is -2.41. The van der Waals surface area contributed by atoms with Crippen LogP contribution in [0.4, 0.5) is 11.5 Å². The molecule has 8 nitrogen and oxygen atoms in total. The summed E-state index contributed by atoms with van der Waals surface area (Å²) < 4.78 is 5.62. The van der Waals surface area contributed by atoms with E-state index >= 15 is 0 Å². The number of methoxy groups -OCH3 is 1. The highest BCUT2D eigenvalue weighted by atomic mass is 16.5. The van der Waals surface area contributed by atoms with E-state index in [2.05, 4.69) is 22.1 Å². The molecule has 2 aromatic rings. The number of aromatic nitrogens is 1. The van der Waals surface area contributed by atoms with Gasteiger partial charge < -0.3 is 25.0 Å². The molecule has 36 heavy (non-hydrogen) atoms. The maximum Gasteiger partial charge on any atom is 0.231 e. The number of likely N-dealkylation sites (tertiary alicyclic amines) is 1. The second-order valence-electron chi connectivity index (χ2n) is 9.78. The van der Waals surface area contributed by atoms with Crippen molar-refractivity contribution in [2.45, 2.75) is 51.5 Å². The number of hydrogen-bond donors (Lipinski definition) is 2. The van der Waals surface area contributed by atoms with E-state index in [4.69, 9.17) is 4.74 Å². The number of para-hydroxylation sites is 1. The zero-order valence-electron chi connectivity index (χ0n) is 21.4. The Balaban J connectivity index is 1.52. The van der Waals surface area contributed by atoms with Gasteiger partial charge in [-0.1, -0.05) is 31.5 Å². The molecule has 2 aliphatic rings. The summed E-state index contributed by atoms with van der Waals surface area (Å²) in [5, 5.41) is 12.4. The number of ether oxygens (including phenoxy) is 1. The number of carbonyl (C=O) groups is 2. The lowest BCUT2D eigenvalue weighted by Crippen LogP contribution is -2.47. The molecule has 2 fully saturated rings. The molecule has 8 heteroatoms. The van der Waals surface area contributed by atoms with Crippen molar-refractivity contribution < 1.29 is 19.4 Å². The Hall–Kier alpha value is -3.13. The summed E-state index contributed by atoms with van der Waals surface area (Å²) in [6.07, 6.45) is 6.40. The standard InChI is InChI=1S/C28H38N4O4/c1-3-4-15-32-26(34)12-10-23(27(32)22-7-5-6-8-24(22)36-2)28(35)30-25-11-9-21(18-29-25)31-16-13-20(19-33)14-17-31/h5-9,11,18,20,23,27,33H,3-4,10,12-17,19H2,1-2H3,(H,29,30,35)/t23-,27-/m1/s1. The van der Waals surface area contributed by atoms with Crippen LogP contribution < -0.4 is 15.0 Å². The molecule has 0 saturated carbocycles. The van der Waals surface area contributed by atoms with Gasteiger partial charge in [-0.3, -0.25) is 9.59 Å². The lowest BCUT2D eigenvalue weighted by atomic mass is 9.83. The van der Waals surface area contributed by atoms with Crippen LogP contribution in [0.1, 0.15) is 57.1 Å². The quantitative estimate of drug-likeness (QED) is 0.547. The minimum absolute atomic E-state index is 0.0795. The molecule has 0 spiro atoms. The number of benzene rings is 1. The Morgan fingerprint density at radius 2 is 1.94 bits per heavy atom. The first-order chi connectivity index (χ1) is 17.5. The van der Waals surface area contributed by atoms with Gasteiger partial charge in [-0.15, -0.1) is 0 Å². The molecule has 1 aromatic carbocycles. The molecule has 4 rings (SSSR count). The van der Waals surface area contributed by atoms with E-state index in [1.165, 1.54) is 0 Å². The van der Waals surface area contributed by atoms with E-state index < -0.39 is 5.92 Å². The maximum absolute atomic E-state index is 13.6. The number of piperidine rings is 2. The largest absolute Gasteiger partial charge is 0.496 e. The van der Waals surface area contributed by atoms with Crippen molar-refractivity contribution in [2.24, 2.45) is 11.8 Å². The summed E-state index contributed by atoms with van der Waals surface area (Å²) in [6.45, 7) is 4.74. The zero-order valence-corrected chi connectivity index (χ0v) is 21.4. The topological polar surface area (TPSA) is 95.0 Å². The van der Waals surface area contributed by atoms with Crippen molar-refractivity contribution in [3.63, 3.8) is 0 Å². The summed E-state index contributed by atoms with van der Waals surface area (Å²) in [7, 11) is 1.62. The average Bonchev–Trinajstić information content (AvgIpc) is 2.92. The van der Waals surface area contributed by atoms with E-state index in [0.717, 1.165) is 50.0 Å². The van der Waals surface area contributed by atoms with Crippen LogP contribution >= 0.6 is 0 Å². The van der Waals surface area contributed by atoms with Crippen molar-refractivity contribution >= 4 is 23.3 Å². The highest BCUT2D eigenvalue weighted by Gasteiger charge is 2.41. The Bertz CT molecular complexity index is 1020. The summed E-state index contributed by atoms with van der Waals surface area (Å²) in [6, 6.07) is 11.1. The number of carbonyl (C=O) groups excluding carboxylic acids is 2. The van der Waals surface area contributed by atoms with Gasteiger partial charge in [0.15, 0.2) is 0 Å². The minimum atomic E-state index is -0.408. The number of aliphatic hydroxyl groups excluding tert-OH is 1. The van der Waals surface area contributed by atoms with Gasteiger partial charge >= 0.3 is 0 Å². The molecule has 2 N–H and O–H groups in total. The molecule has 2 saturated heterocycles. The van der Waals surface area contributed by atoms with Gasteiger partial charge in [0.2, 0.25) is 11.8 Å². The third-order valence-corrected chi connectivity index (χ3v) is 7.49. The molecule has 2 atom stereocenters. The van der Waals surface area contributed by atoms with Gasteiger partial charge in [0.1, 0.15) is 11.6 Å². The molecule has 0 bridgehead atoms. The van der Waals surface area contributed by atoms with Crippen molar-refractivity contribution in [1.82, 2.24) is 9.88 Å². The van der Waals surface area contributed by atoms with Crippen LogP contribution in [0.5, 0.6) is 5.75 Å². The second-order valence-corrected chi connectivity index (χ2v) is 9.78. The van der Waals surface area contributed by atoms with Crippen LogP contribution in [-0.4, -0.2) is 60.2 Å². The van der Waals surface area contributed by atoms with Gasteiger partial charge in [0, 0.05) is 38.2 Å². The first-order valence-electron chi connectivity index (χ1n) is 13.1. The number of anilines is 2. The van der Waals surface area contributed by atoms with Crippen LogP contribution in [0.25, 0.3) is 0 Å². The summed E-state index contributed by atoms with van der Waals surface area (Å²) >= 11 is 0. The second kappa shape index (κ2) is 12.2. The smallest absolute Gasteiger partial charge is 0.231 e. The Morgan fingerprint density at radius 3 is 2.61 bits per heavy atom. The third kappa shape index (κ3) is 5.81. The number of rotatable bonds is 9. The van der Waals surface area contributed by atoms with Crippen LogP contribution in [-0.2, 0) is 9.59 Å². The average molecular weight is 495 g/mol. The number of unbranched alkanes of at least 4 members (excludes halogenated alkanes) is 1. The van der Waals surface area contributed by atoms with E-state index in [1.807, 2.05) is 41.3 Å². The van der Waals surface area contributed by atoms with Crippen LogP contribution in [0.2, 0.25) is 0 Å². The number of aliphatic hydroxyl groups is 1. The van der Waals surface area contributed by atoms with Crippen molar-refractivity contribution in [2.75, 3.05) is 43.6 Å². The molecule has 0 radical (unpaired) electrons.